The Morgan fingerprint density at radius 2 is 1.77 bits per heavy atom. The first-order valence-electron chi connectivity index (χ1n) is 12.2. The fourth-order valence-corrected chi connectivity index (χ4v) is 5.98. The van der Waals surface area contributed by atoms with Crippen LogP contribution in [0.15, 0.2) is 66.2 Å². The van der Waals surface area contributed by atoms with Crippen LogP contribution in [0.3, 0.4) is 0 Å². The molecule has 0 saturated carbocycles. The Hall–Kier alpha value is -4.41. The highest BCUT2D eigenvalue weighted by molar-refractivity contribution is 7.22. The molecule has 0 radical (unpaired) electrons. The number of halogens is 1. The van der Waals surface area contributed by atoms with E-state index in [1.165, 1.54) is 28.4 Å². The number of phenolic OH excluding ortho intramolecular Hbond substituents is 1. The van der Waals surface area contributed by atoms with Crippen LogP contribution in [-0.4, -0.2) is 44.1 Å². The third-order valence-corrected chi connectivity index (χ3v) is 7.62. The number of aliphatic carboxylic acids is 1. The van der Waals surface area contributed by atoms with Crippen LogP contribution < -0.4 is 9.64 Å². The van der Waals surface area contributed by atoms with E-state index in [2.05, 4.69) is 4.98 Å². The van der Waals surface area contributed by atoms with Gasteiger partial charge in [0.25, 0.3) is 11.8 Å². The van der Waals surface area contributed by atoms with Gasteiger partial charge < -0.3 is 20.1 Å². The predicted octanol–water partition coefficient (Wildman–Crippen LogP) is 5.70. The van der Waals surface area contributed by atoms with Crippen LogP contribution in [0.25, 0.3) is 16.0 Å². The minimum absolute atomic E-state index is 0.0208. The summed E-state index contributed by atoms with van der Waals surface area (Å²) in [5, 5.41) is 29.5. The molecule has 2 unspecified atom stereocenters. The van der Waals surface area contributed by atoms with Crippen molar-refractivity contribution < 1.29 is 34.4 Å². The van der Waals surface area contributed by atoms with Gasteiger partial charge in [-0.3, -0.25) is 19.3 Å². The van der Waals surface area contributed by atoms with Gasteiger partial charge >= 0.3 is 5.91 Å². The summed E-state index contributed by atoms with van der Waals surface area (Å²) in [5.41, 5.74) is 2.48. The van der Waals surface area contributed by atoms with Crippen LogP contribution in [0.1, 0.15) is 36.6 Å². The molecule has 1 saturated heterocycles. The number of fused-ring (bicyclic) bond motifs is 2. The Morgan fingerprint density at radius 1 is 1.07 bits per heavy atom. The SMILES string of the molecule is CC(=O)O.CC1Cc2cc(C(O)=C3C(=O)C(=O)N(c4nc5ccc(Cl)cc5s4)C3c3ccc(O)cc3)ccc2O1. The van der Waals surface area contributed by atoms with Crippen molar-refractivity contribution in [1.82, 2.24) is 4.98 Å². The Bertz CT molecular complexity index is 1690. The van der Waals surface area contributed by atoms with E-state index >= 15 is 0 Å². The molecule has 3 aromatic carbocycles. The number of aromatic hydroxyl groups is 1. The number of aromatic nitrogens is 1. The average Bonchev–Trinajstić information content (AvgIpc) is 3.56. The summed E-state index contributed by atoms with van der Waals surface area (Å²) >= 11 is 7.36. The molecule has 0 spiro atoms. The first-order valence-corrected chi connectivity index (χ1v) is 13.4. The van der Waals surface area contributed by atoms with Crippen LogP contribution in [0.2, 0.25) is 5.02 Å². The molecular weight excluding hydrogens is 556 g/mol. The highest BCUT2D eigenvalue weighted by Crippen LogP contribution is 2.45. The van der Waals surface area contributed by atoms with E-state index in [1.54, 1.807) is 48.5 Å². The minimum Gasteiger partial charge on any atom is -0.508 e. The molecule has 1 amide bonds. The van der Waals surface area contributed by atoms with Gasteiger partial charge in [-0.25, -0.2) is 4.98 Å². The van der Waals surface area contributed by atoms with Crippen LogP contribution >= 0.6 is 22.9 Å². The molecule has 204 valence electrons. The van der Waals surface area contributed by atoms with Crippen molar-refractivity contribution in [2.75, 3.05) is 4.90 Å². The van der Waals surface area contributed by atoms with E-state index in [9.17, 15) is 19.8 Å². The van der Waals surface area contributed by atoms with E-state index in [1.807, 2.05) is 6.92 Å². The van der Waals surface area contributed by atoms with Crippen molar-refractivity contribution in [2.45, 2.75) is 32.4 Å². The number of benzene rings is 3. The molecule has 0 bridgehead atoms. The number of thiazole rings is 1. The number of Topliss-reactive ketones (excluding diaryl/α,β-unsaturated/α-hetero) is 1. The van der Waals surface area contributed by atoms with Crippen molar-refractivity contribution in [3.05, 3.63) is 87.9 Å². The van der Waals surface area contributed by atoms with Crippen LogP contribution in [0.4, 0.5) is 5.13 Å². The molecule has 4 aromatic rings. The van der Waals surface area contributed by atoms with Crippen molar-refractivity contribution in [3.8, 4) is 11.5 Å². The highest BCUT2D eigenvalue weighted by atomic mass is 35.5. The number of rotatable bonds is 3. The van der Waals surface area contributed by atoms with Gasteiger partial charge in [-0.05, 0) is 66.6 Å². The summed E-state index contributed by atoms with van der Waals surface area (Å²) in [6.07, 6.45) is 0.702. The van der Waals surface area contributed by atoms with E-state index in [0.29, 0.717) is 33.2 Å². The number of anilines is 1. The maximum absolute atomic E-state index is 13.4. The van der Waals surface area contributed by atoms with Gasteiger partial charge in [-0.15, -0.1) is 0 Å². The topological polar surface area (TPSA) is 137 Å². The molecule has 3 N–H and O–H groups in total. The number of ether oxygens (including phenoxy) is 1. The molecule has 1 aromatic heterocycles. The number of aliphatic hydroxyl groups excluding tert-OH is 1. The van der Waals surface area contributed by atoms with Gasteiger partial charge in [-0.1, -0.05) is 35.1 Å². The number of nitrogens with zero attached hydrogens (tertiary/aromatic N) is 2. The summed E-state index contributed by atoms with van der Waals surface area (Å²) in [5.74, 6) is -1.94. The summed E-state index contributed by atoms with van der Waals surface area (Å²) in [6, 6.07) is 15.7. The molecule has 3 heterocycles. The number of carboxylic acid groups (broad SMARTS) is 1. The fraction of sp³-hybridized carbons (Fsp3) is 0.172. The lowest BCUT2D eigenvalue weighted by Gasteiger charge is -2.23. The number of hydrogen-bond acceptors (Lipinski definition) is 8. The zero-order valence-corrected chi connectivity index (χ0v) is 22.9. The summed E-state index contributed by atoms with van der Waals surface area (Å²) in [4.78, 5) is 41.6. The molecule has 2 atom stereocenters. The molecular formula is C29H23ClN2O7S. The molecule has 0 aliphatic carbocycles. The standard InChI is InChI=1S/C27H19ClN2O5S.C2H4O2/c1-13-10-16-11-15(4-9-20(16)35-13)24(32)22-23(14-2-6-18(31)7-3-14)30(26(34)25(22)33)27-29-19-8-5-17(28)12-21(19)36-27;1-2(3)4/h2-9,11-13,23,31-32H,10H2,1H3;1H3,(H,3,4). The summed E-state index contributed by atoms with van der Waals surface area (Å²) in [7, 11) is 0. The van der Waals surface area contributed by atoms with Crippen LogP contribution in [-0.2, 0) is 20.8 Å². The highest BCUT2D eigenvalue weighted by Gasteiger charge is 2.48. The van der Waals surface area contributed by atoms with Gasteiger partial charge in [0.15, 0.2) is 5.13 Å². The summed E-state index contributed by atoms with van der Waals surface area (Å²) in [6.45, 7) is 3.04. The average molecular weight is 579 g/mol. The van der Waals surface area contributed by atoms with Gasteiger partial charge in [0.05, 0.1) is 21.8 Å². The second-order valence-electron chi connectivity index (χ2n) is 9.34. The molecule has 11 heteroatoms. The zero-order chi connectivity index (χ0) is 28.7. The van der Waals surface area contributed by atoms with Crippen molar-refractivity contribution >= 4 is 61.7 Å². The summed E-state index contributed by atoms with van der Waals surface area (Å²) < 4.78 is 6.51. The third-order valence-electron chi connectivity index (χ3n) is 6.37. The quantitative estimate of drug-likeness (QED) is 0.160. The van der Waals surface area contributed by atoms with Crippen molar-refractivity contribution in [1.29, 1.82) is 0 Å². The van der Waals surface area contributed by atoms with E-state index in [0.717, 1.165) is 22.9 Å². The Balaban J connectivity index is 0.000000758. The lowest BCUT2D eigenvalue weighted by atomic mass is 9.94. The first kappa shape index (κ1) is 27.2. The Kier molecular flexibility index (Phi) is 7.22. The molecule has 6 rings (SSSR count). The number of hydrogen-bond donors (Lipinski definition) is 3. The normalized spacial score (nSPS) is 19.2. The van der Waals surface area contributed by atoms with Gasteiger partial charge in [0, 0.05) is 23.9 Å². The molecule has 2 aliphatic rings. The van der Waals surface area contributed by atoms with Crippen molar-refractivity contribution in [3.63, 3.8) is 0 Å². The maximum atomic E-state index is 13.4. The first-order chi connectivity index (χ1) is 19.0. The molecule has 2 aliphatic heterocycles. The number of phenols is 1. The molecule has 9 nitrogen and oxygen atoms in total. The molecule has 40 heavy (non-hydrogen) atoms. The second kappa shape index (κ2) is 10.6. The van der Waals surface area contributed by atoms with Gasteiger partial charge in [0.2, 0.25) is 0 Å². The monoisotopic (exact) mass is 578 g/mol. The number of amides is 1. The number of carboxylic acids is 1. The Morgan fingerprint density at radius 3 is 2.48 bits per heavy atom. The Labute approximate surface area is 237 Å². The second-order valence-corrected chi connectivity index (χ2v) is 10.8. The molecule has 1 fully saturated rings. The lowest BCUT2D eigenvalue weighted by molar-refractivity contribution is -0.134. The van der Waals surface area contributed by atoms with Crippen LogP contribution in [0.5, 0.6) is 11.5 Å². The largest absolute Gasteiger partial charge is 0.508 e. The van der Waals surface area contributed by atoms with Crippen molar-refractivity contribution in [2.24, 2.45) is 0 Å². The smallest absolute Gasteiger partial charge is 0.301 e. The number of aliphatic hydroxyl groups is 1. The number of ketones is 1. The number of carbonyl (C=O) groups excluding carboxylic acids is 2. The maximum Gasteiger partial charge on any atom is 0.301 e. The van der Waals surface area contributed by atoms with E-state index < -0.39 is 23.7 Å². The lowest BCUT2D eigenvalue weighted by Crippen LogP contribution is -2.29. The van der Waals surface area contributed by atoms with E-state index in [4.69, 9.17) is 26.2 Å². The van der Waals surface area contributed by atoms with E-state index in [-0.39, 0.29) is 23.2 Å². The van der Waals surface area contributed by atoms with Gasteiger partial charge in [-0.2, -0.15) is 0 Å². The number of carbonyl (C=O) groups is 3. The fourth-order valence-electron chi connectivity index (χ4n) is 4.72. The predicted molar refractivity (Wildman–Crippen MR) is 151 cm³/mol. The third kappa shape index (κ3) is 5.11. The van der Waals surface area contributed by atoms with Crippen LogP contribution in [0, 0.1) is 0 Å². The van der Waals surface area contributed by atoms with Gasteiger partial charge in [0.1, 0.15) is 23.4 Å². The zero-order valence-electron chi connectivity index (χ0n) is 21.3. The minimum atomic E-state index is -0.940.